The number of nitrogens with two attached hydrogens (primary N) is 1. The lowest BCUT2D eigenvalue weighted by molar-refractivity contribution is 0.0938. The zero-order valence-corrected chi connectivity index (χ0v) is 11.3. The number of nitrogens with one attached hydrogen (secondary N) is 1. The summed E-state index contributed by atoms with van der Waals surface area (Å²) in [4.78, 5) is 15.8. The van der Waals surface area contributed by atoms with Crippen LogP contribution >= 0.6 is 0 Å². The van der Waals surface area contributed by atoms with Crippen LogP contribution in [-0.4, -0.2) is 16.9 Å². The van der Waals surface area contributed by atoms with Crippen LogP contribution in [0.25, 0.3) is 0 Å². The van der Waals surface area contributed by atoms with E-state index in [9.17, 15) is 4.79 Å². The molecule has 4 nitrogen and oxygen atoms in total. The molecule has 0 saturated carbocycles. The SMILES string of the molecule is CCCCCCC(C)NC(=O)c1cccnc1N. The summed E-state index contributed by atoms with van der Waals surface area (Å²) in [7, 11) is 0. The van der Waals surface area contributed by atoms with Crippen LogP contribution in [0.15, 0.2) is 18.3 Å². The van der Waals surface area contributed by atoms with E-state index in [1.807, 2.05) is 6.92 Å². The number of nitrogen functional groups attached to an aromatic ring is 1. The number of amides is 1. The van der Waals surface area contributed by atoms with Crippen LogP contribution in [0.5, 0.6) is 0 Å². The molecule has 0 aliphatic heterocycles. The minimum atomic E-state index is -0.136. The molecule has 0 saturated heterocycles. The molecule has 0 radical (unpaired) electrons. The van der Waals surface area contributed by atoms with Crippen molar-refractivity contribution in [3.05, 3.63) is 23.9 Å². The second-order valence-electron chi connectivity index (χ2n) is 4.66. The highest BCUT2D eigenvalue weighted by Gasteiger charge is 2.12. The van der Waals surface area contributed by atoms with Crippen molar-refractivity contribution in [2.75, 3.05) is 5.73 Å². The number of aromatic nitrogens is 1. The summed E-state index contributed by atoms with van der Waals surface area (Å²) in [6.45, 7) is 4.22. The number of hydrogen-bond donors (Lipinski definition) is 2. The fourth-order valence-corrected chi connectivity index (χ4v) is 1.86. The quantitative estimate of drug-likeness (QED) is 0.730. The van der Waals surface area contributed by atoms with Gasteiger partial charge in [-0.2, -0.15) is 0 Å². The molecule has 1 heterocycles. The number of unbranched alkanes of at least 4 members (excludes halogenated alkanes) is 3. The Hall–Kier alpha value is -1.58. The van der Waals surface area contributed by atoms with Crippen LogP contribution in [-0.2, 0) is 0 Å². The minimum Gasteiger partial charge on any atom is -0.383 e. The first kappa shape index (κ1) is 14.5. The van der Waals surface area contributed by atoms with Gasteiger partial charge in [0.05, 0.1) is 5.56 Å². The molecule has 1 rings (SSSR count). The molecule has 3 N–H and O–H groups in total. The number of nitrogens with zero attached hydrogens (tertiary/aromatic N) is 1. The molecule has 1 aromatic heterocycles. The first-order chi connectivity index (χ1) is 8.65. The third-order valence-corrected chi connectivity index (χ3v) is 2.95. The van der Waals surface area contributed by atoms with Crippen LogP contribution in [0.1, 0.15) is 56.3 Å². The number of anilines is 1. The second kappa shape index (κ2) is 7.69. The summed E-state index contributed by atoms with van der Waals surface area (Å²) in [6.07, 6.45) is 7.46. The van der Waals surface area contributed by atoms with Crippen molar-refractivity contribution in [3.63, 3.8) is 0 Å². The van der Waals surface area contributed by atoms with Crippen molar-refractivity contribution >= 4 is 11.7 Å². The summed E-state index contributed by atoms with van der Waals surface area (Å²) < 4.78 is 0. The normalized spacial score (nSPS) is 12.1. The molecular weight excluding hydrogens is 226 g/mol. The number of hydrogen-bond acceptors (Lipinski definition) is 3. The van der Waals surface area contributed by atoms with Gasteiger partial charge in [0, 0.05) is 12.2 Å². The fourth-order valence-electron chi connectivity index (χ4n) is 1.86. The Morgan fingerprint density at radius 2 is 2.22 bits per heavy atom. The van der Waals surface area contributed by atoms with Gasteiger partial charge in [-0.05, 0) is 25.5 Å². The zero-order chi connectivity index (χ0) is 13.4. The molecule has 1 unspecified atom stereocenters. The van der Waals surface area contributed by atoms with Crippen LogP contribution in [0.3, 0.4) is 0 Å². The molecule has 0 aromatic carbocycles. The van der Waals surface area contributed by atoms with Gasteiger partial charge in [-0.1, -0.05) is 32.6 Å². The number of pyridine rings is 1. The Balaban J connectivity index is 2.38. The fraction of sp³-hybridized carbons (Fsp3) is 0.571. The molecule has 18 heavy (non-hydrogen) atoms. The summed E-state index contributed by atoms with van der Waals surface area (Å²) in [5, 5.41) is 2.95. The van der Waals surface area contributed by atoms with Gasteiger partial charge in [0.15, 0.2) is 0 Å². The van der Waals surface area contributed by atoms with E-state index in [1.54, 1.807) is 18.3 Å². The predicted molar refractivity (Wildman–Crippen MR) is 74.3 cm³/mol. The standard InChI is InChI=1S/C14H23N3O/c1-3-4-5-6-8-11(2)17-14(18)12-9-7-10-16-13(12)15/h7,9-11H,3-6,8H2,1-2H3,(H2,15,16)(H,17,18). The van der Waals surface area contributed by atoms with E-state index in [0.717, 1.165) is 12.8 Å². The van der Waals surface area contributed by atoms with E-state index in [-0.39, 0.29) is 17.8 Å². The van der Waals surface area contributed by atoms with Crippen molar-refractivity contribution in [2.24, 2.45) is 0 Å². The van der Waals surface area contributed by atoms with Crippen LogP contribution in [0.4, 0.5) is 5.82 Å². The van der Waals surface area contributed by atoms with Crippen molar-refractivity contribution in [3.8, 4) is 0 Å². The molecule has 4 heteroatoms. The second-order valence-corrected chi connectivity index (χ2v) is 4.66. The number of carbonyl (C=O) groups is 1. The van der Waals surface area contributed by atoms with E-state index < -0.39 is 0 Å². The average Bonchev–Trinajstić information content (AvgIpc) is 2.35. The highest BCUT2D eigenvalue weighted by Crippen LogP contribution is 2.09. The molecule has 0 aliphatic carbocycles. The maximum atomic E-state index is 11.9. The number of carbonyl (C=O) groups excluding carboxylic acids is 1. The Kier molecular flexibility index (Phi) is 6.19. The molecule has 0 fully saturated rings. The molecule has 1 atom stereocenters. The first-order valence-corrected chi connectivity index (χ1v) is 6.66. The van der Waals surface area contributed by atoms with Gasteiger partial charge in [0.1, 0.15) is 5.82 Å². The van der Waals surface area contributed by atoms with Gasteiger partial charge in [0.25, 0.3) is 5.91 Å². The van der Waals surface area contributed by atoms with E-state index in [4.69, 9.17) is 5.73 Å². The maximum Gasteiger partial charge on any atom is 0.255 e. The van der Waals surface area contributed by atoms with E-state index in [0.29, 0.717) is 5.56 Å². The van der Waals surface area contributed by atoms with Crippen LogP contribution < -0.4 is 11.1 Å². The Labute approximate surface area is 109 Å². The Morgan fingerprint density at radius 3 is 2.89 bits per heavy atom. The predicted octanol–water partition coefficient (Wildman–Crippen LogP) is 2.75. The molecule has 1 amide bonds. The van der Waals surface area contributed by atoms with Gasteiger partial charge in [-0.15, -0.1) is 0 Å². The van der Waals surface area contributed by atoms with Gasteiger partial charge in [0.2, 0.25) is 0 Å². The molecule has 0 spiro atoms. The minimum absolute atomic E-state index is 0.136. The molecule has 100 valence electrons. The summed E-state index contributed by atoms with van der Waals surface area (Å²) >= 11 is 0. The Morgan fingerprint density at radius 1 is 1.44 bits per heavy atom. The highest BCUT2D eigenvalue weighted by atomic mass is 16.1. The van der Waals surface area contributed by atoms with Gasteiger partial charge < -0.3 is 11.1 Å². The van der Waals surface area contributed by atoms with Crippen molar-refractivity contribution < 1.29 is 4.79 Å². The van der Waals surface area contributed by atoms with E-state index in [1.165, 1.54) is 19.3 Å². The first-order valence-electron chi connectivity index (χ1n) is 6.66. The van der Waals surface area contributed by atoms with Gasteiger partial charge in [-0.3, -0.25) is 4.79 Å². The maximum absolute atomic E-state index is 11.9. The lowest BCUT2D eigenvalue weighted by atomic mass is 10.1. The lowest BCUT2D eigenvalue weighted by Crippen LogP contribution is -2.33. The zero-order valence-electron chi connectivity index (χ0n) is 11.3. The highest BCUT2D eigenvalue weighted by molar-refractivity contribution is 5.98. The third-order valence-electron chi connectivity index (χ3n) is 2.95. The van der Waals surface area contributed by atoms with Crippen LogP contribution in [0.2, 0.25) is 0 Å². The third kappa shape index (κ3) is 4.73. The largest absolute Gasteiger partial charge is 0.383 e. The van der Waals surface area contributed by atoms with Crippen molar-refractivity contribution in [2.45, 2.75) is 52.0 Å². The number of rotatable bonds is 7. The monoisotopic (exact) mass is 249 g/mol. The molecule has 1 aromatic rings. The topological polar surface area (TPSA) is 68.0 Å². The van der Waals surface area contributed by atoms with Crippen molar-refractivity contribution in [1.82, 2.24) is 10.3 Å². The van der Waals surface area contributed by atoms with E-state index in [2.05, 4.69) is 17.2 Å². The molecule has 0 bridgehead atoms. The lowest BCUT2D eigenvalue weighted by Gasteiger charge is -2.14. The summed E-state index contributed by atoms with van der Waals surface area (Å²) in [5.41, 5.74) is 6.12. The molecular formula is C14H23N3O. The van der Waals surface area contributed by atoms with Crippen molar-refractivity contribution in [1.29, 1.82) is 0 Å². The summed E-state index contributed by atoms with van der Waals surface area (Å²) in [6, 6.07) is 3.59. The summed E-state index contributed by atoms with van der Waals surface area (Å²) in [5.74, 6) is 0.150. The Bertz CT molecular complexity index is 379. The van der Waals surface area contributed by atoms with E-state index >= 15 is 0 Å². The van der Waals surface area contributed by atoms with Crippen LogP contribution in [0, 0.1) is 0 Å². The smallest absolute Gasteiger partial charge is 0.255 e. The molecule has 0 aliphatic rings. The van der Waals surface area contributed by atoms with Gasteiger partial charge >= 0.3 is 0 Å². The average molecular weight is 249 g/mol. The van der Waals surface area contributed by atoms with Gasteiger partial charge in [-0.25, -0.2) is 4.98 Å².